The molecule has 1 aliphatic rings. The molecular weight excluding hydrogens is 329 g/mol. The summed E-state index contributed by atoms with van der Waals surface area (Å²) in [4.78, 5) is 0. The first-order chi connectivity index (χ1) is 7.82. The lowest BCUT2D eigenvalue weighted by molar-refractivity contribution is 0.131. The van der Waals surface area contributed by atoms with Crippen LogP contribution in [-0.4, -0.2) is 21.0 Å². The lowest BCUT2D eigenvalue weighted by Crippen LogP contribution is -2.21. The van der Waals surface area contributed by atoms with Crippen LogP contribution in [0.15, 0.2) is 0 Å². The van der Waals surface area contributed by atoms with Crippen molar-refractivity contribution in [1.82, 2.24) is 9.78 Å². The molecule has 17 heavy (non-hydrogen) atoms. The average molecular weight is 349 g/mol. The summed E-state index contributed by atoms with van der Waals surface area (Å²) in [5.74, 6) is 0.696. The number of nitrogens with zero attached hydrogens (tertiary/aromatic N) is 2. The van der Waals surface area contributed by atoms with Gasteiger partial charge in [0.25, 0.3) is 0 Å². The standard InChI is InChI=1S/C12H20IN3O/c1-12(2,3)10-9(13)11(14)16(15-10)7-5-4-6-8(7)17/h7-8,17H,4-6,14H2,1-3H3. The molecule has 2 atom stereocenters. The molecule has 2 rings (SSSR count). The summed E-state index contributed by atoms with van der Waals surface area (Å²) in [5.41, 5.74) is 7.13. The maximum atomic E-state index is 9.95. The van der Waals surface area contributed by atoms with Crippen molar-refractivity contribution in [2.75, 3.05) is 5.73 Å². The second-order valence-electron chi connectivity index (χ2n) is 5.81. The maximum absolute atomic E-state index is 9.95. The number of aliphatic hydroxyl groups is 1. The Morgan fingerprint density at radius 3 is 2.47 bits per heavy atom. The number of rotatable bonds is 1. The van der Waals surface area contributed by atoms with Crippen molar-refractivity contribution in [3.63, 3.8) is 0 Å². The number of anilines is 1. The van der Waals surface area contributed by atoms with Gasteiger partial charge in [0.2, 0.25) is 0 Å². The Morgan fingerprint density at radius 2 is 2.06 bits per heavy atom. The summed E-state index contributed by atoms with van der Waals surface area (Å²) in [6.45, 7) is 6.39. The van der Waals surface area contributed by atoms with Gasteiger partial charge in [-0.05, 0) is 41.9 Å². The van der Waals surface area contributed by atoms with Crippen molar-refractivity contribution < 1.29 is 5.11 Å². The average Bonchev–Trinajstić information content (AvgIpc) is 2.73. The van der Waals surface area contributed by atoms with Crippen LogP contribution in [0.3, 0.4) is 0 Å². The van der Waals surface area contributed by atoms with Crippen LogP contribution < -0.4 is 5.73 Å². The molecule has 4 nitrogen and oxygen atoms in total. The highest BCUT2D eigenvalue weighted by molar-refractivity contribution is 14.1. The van der Waals surface area contributed by atoms with Crippen molar-refractivity contribution in [2.45, 2.75) is 57.6 Å². The molecule has 96 valence electrons. The van der Waals surface area contributed by atoms with Gasteiger partial charge in [-0.3, -0.25) is 0 Å². The molecule has 1 saturated carbocycles. The summed E-state index contributed by atoms with van der Waals surface area (Å²) < 4.78 is 2.86. The number of hydrogen-bond donors (Lipinski definition) is 2. The fourth-order valence-electron chi connectivity index (χ4n) is 2.37. The molecule has 0 aromatic carbocycles. The molecule has 0 bridgehead atoms. The number of aliphatic hydroxyl groups excluding tert-OH is 1. The lowest BCUT2D eigenvalue weighted by atomic mass is 9.92. The normalized spacial score (nSPS) is 25.5. The predicted molar refractivity (Wildman–Crippen MR) is 77.0 cm³/mol. The van der Waals surface area contributed by atoms with Gasteiger partial charge in [0.15, 0.2) is 0 Å². The number of nitrogens with two attached hydrogens (primary N) is 1. The molecule has 0 radical (unpaired) electrons. The quantitative estimate of drug-likeness (QED) is 0.766. The van der Waals surface area contributed by atoms with Crippen LogP contribution in [0, 0.1) is 3.57 Å². The highest BCUT2D eigenvalue weighted by atomic mass is 127. The minimum absolute atomic E-state index is 0.0144. The smallest absolute Gasteiger partial charge is 0.135 e. The lowest BCUT2D eigenvalue weighted by Gasteiger charge is -2.17. The molecule has 1 heterocycles. The molecule has 1 aliphatic carbocycles. The van der Waals surface area contributed by atoms with E-state index in [0.717, 1.165) is 28.5 Å². The molecule has 1 aromatic heterocycles. The zero-order chi connectivity index (χ0) is 12.8. The summed E-state index contributed by atoms with van der Waals surface area (Å²) in [6, 6.07) is 0.0552. The third-order valence-electron chi connectivity index (χ3n) is 3.36. The number of aromatic nitrogens is 2. The van der Waals surface area contributed by atoms with Gasteiger partial charge in [0.1, 0.15) is 5.82 Å². The Balaban J connectivity index is 2.43. The van der Waals surface area contributed by atoms with E-state index in [1.165, 1.54) is 0 Å². The third-order valence-corrected chi connectivity index (χ3v) is 4.42. The number of nitrogen functional groups attached to an aromatic ring is 1. The van der Waals surface area contributed by atoms with E-state index in [0.29, 0.717) is 5.82 Å². The highest BCUT2D eigenvalue weighted by Gasteiger charge is 2.32. The fraction of sp³-hybridized carbons (Fsp3) is 0.750. The van der Waals surface area contributed by atoms with Crippen LogP contribution >= 0.6 is 22.6 Å². The van der Waals surface area contributed by atoms with Crippen molar-refractivity contribution in [3.8, 4) is 0 Å². The van der Waals surface area contributed by atoms with Crippen LogP contribution in [-0.2, 0) is 5.41 Å². The topological polar surface area (TPSA) is 64.1 Å². The van der Waals surface area contributed by atoms with E-state index in [2.05, 4.69) is 48.5 Å². The first kappa shape index (κ1) is 13.1. The molecular formula is C12H20IN3O. The van der Waals surface area contributed by atoms with Gasteiger partial charge in [0.05, 0.1) is 21.4 Å². The van der Waals surface area contributed by atoms with Gasteiger partial charge in [-0.15, -0.1) is 0 Å². The van der Waals surface area contributed by atoms with E-state index in [-0.39, 0.29) is 17.6 Å². The van der Waals surface area contributed by atoms with E-state index >= 15 is 0 Å². The van der Waals surface area contributed by atoms with Gasteiger partial charge < -0.3 is 10.8 Å². The third kappa shape index (κ3) is 2.31. The zero-order valence-electron chi connectivity index (χ0n) is 10.6. The second kappa shape index (κ2) is 4.42. The molecule has 1 fully saturated rings. The van der Waals surface area contributed by atoms with E-state index in [9.17, 15) is 5.11 Å². The van der Waals surface area contributed by atoms with Gasteiger partial charge in [-0.1, -0.05) is 20.8 Å². The van der Waals surface area contributed by atoms with Crippen molar-refractivity contribution in [1.29, 1.82) is 0 Å². The Labute approximate surface area is 116 Å². The van der Waals surface area contributed by atoms with E-state index in [4.69, 9.17) is 5.73 Å². The van der Waals surface area contributed by atoms with Gasteiger partial charge in [-0.25, -0.2) is 4.68 Å². The van der Waals surface area contributed by atoms with Crippen LogP contribution in [0.5, 0.6) is 0 Å². The molecule has 5 heteroatoms. The van der Waals surface area contributed by atoms with Crippen LogP contribution in [0.25, 0.3) is 0 Å². The highest BCUT2D eigenvalue weighted by Crippen LogP contribution is 2.36. The van der Waals surface area contributed by atoms with Crippen molar-refractivity contribution >= 4 is 28.4 Å². The predicted octanol–water partition coefficient (Wildman–Crippen LogP) is 2.45. The first-order valence-corrected chi connectivity index (χ1v) is 7.12. The van der Waals surface area contributed by atoms with E-state index in [1.54, 1.807) is 0 Å². The second-order valence-corrected chi connectivity index (χ2v) is 6.89. The van der Waals surface area contributed by atoms with Crippen LogP contribution in [0.2, 0.25) is 0 Å². The summed E-state index contributed by atoms with van der Waals surface area (Å²) >= 11 is 2.25. The minimum Gasteiger partial charge on any atom is -0.391 e. The Kier molecular flexibility index (Phi) is 3.42. The summed E-state index contributed by atoms with van der Waals surface area (Å²) in [5, 5.41) is 14.6. The Bertz CT molecular complexity index is 422. The van der Waals surface area contributed by atoms with Gasteiger partial charge in [-0.2, -0.15) is 5.10 Å². The van der Waals surface area contributed by atoms with Crippen molar-refractivity contribution in [3.05, 3.63) is 9.26 Å². The first-order valence-electron chi connectivity index (χ1n) is 6.04. The van der Waals surface area contributed by atoms with Gasteiger partial charge >= 0.3 is 0 Å². The minimum atomic E-state index is -0.305. The molecule has 2 unspecified atom stereocenters. The van der Waals surface area contributed by atoms with Crippen molar-refractivity contribution in [2.24, 2.45) is 0 Å². The molecule has 0 saturated heterocycles. The van der Waals surface area contributed by atoms with Crippen LogP contribution in [0.1, 0.15) is 51.8 Å². The molecule has 0 aliphatic heterocycles. The molecule has 1 aromatic rings. The summed E-state index contributed by atoms with van der Waals surface area (Å²) in [6.07, 6.45) is 2.56. The van der Waals surface area contributed by atoms with Gasteiger partial charge in [0, 0.05) is 5.41 Å². The van der Waals surface area contributed by atoms with E-state index in [1.807, 2.05) is 4.68 Å². The SMILES string of the molecule is CC(C)(C)c1nn(C2CCCC2O)c(N)c1I. The maximum Gasteiger partial charge on any atom is 0.135 e. The Morgan fingerprint density at radius 1 is 1.41 bits per heavy atom. The largest absolute Gasteiger partial charge is 0.391 e. The fourth-order valence-corrected chi connectivity index (χ4v) is 3.53. The monoisotopic (exact) mass is 349 g/mol. The zero-order valence-corrected chi connectivity index (χ0v) is 12.7. The summed E-state index contributed by atoms with van der Waals surface area (Å²) in [7, 11) is 0. The van der Waals surface area contributed by atoms with Crippen LogP contribution in [0.4, 0.5) is 5.82 Å². The number of halogens is 1. The van der Waals surface area contributed by atoms with E-state index < -0.39 is 0 Å². The molecule has 3 N–H and O–H groups in total. The molecule has 0 amide bonds. The molecule has 0 spiro atoms. The number of hydrogen-bond acceptors (Lipinski definition) is 3. The Hall–Kier alpha value is -0.300.